The first-order chi connectivity index (χ1) is 20.5. The highest BCUT2D eigenvalue weighted by Gasteiger charge is 2.40. The Balaban J connectivity index is 1.72. The molecule has 1 aliphatic heterocycles. The van der Waals surface area contributed by atoms with Crippen LogP contribution in [0.25, 0.3) is 22.2 Å². The molecule has 2 aromatic carbocycles. The molecule has 0 bridgehead atoms. The summed E-state index contributed by atoms with van der Waals surface area (Å²) in [5.41, 5.74) is 6.68. The number of halogens is 1. The Labute approximate surface area is 259 Å². The molecule has 0 N–H and O–H groups in total. The fraction of sp³-hybridized carbons (Fsp3) is 0.400. The molecule has 43 heavy (non-hydrogen) atoms. The summed E-state index contributed by atoms with van der Waals surface area (Å²) in [5, 5.41) is 10.9. The van der Waals surface area contributed by atoms with Gasteiger partial charge in [0.2, 0.25) is 0 Å². The molecule has 0 aliphatic carbocycles. The van der Waals surface area contributed by atoms with E-state index in [1.807, 2.05) is 75.1 Å². The molecule has 4 aromatic rings. The maximum atomic E-state index is 14.7. The van der Waals surface area contributed by atoms with Crippen molar-refractivity contribution in [3.05, 3.63) is 87.7 Å². The van der Waals surface area contributed by atoms with Crippen molar-refractivity contribution >= 4 is 28.5 Å². The first kappa shape index (κ1) is 30.7. The van der Waals surface area contributed by atoms with Crippen LogP contribution in [0, 0.1) is 32.1 Å². The minimum atomic E-state index is -0.926. The summed E-state index contributed by atoms with van der Waals surface area (Å²) < 4.78 is 14.7. The zero-order valence-electron chi connectivity index (χ0n) is 25.8. The van der Waals surface area contributed by atoms with Crippen molar-refractivity contribution in [1.82, 2.24) is 14.5 Å². The van der Waals surface area contributed by atoms with Crippen LogP contribution >= 0.6 is 11.6 Å². The Bertz CT molecular complexity index is 1670. The molecular weight excluding hydrogens is 560 g/mol. The lowest BCUT2D eigenvalue weighted by Gasteiger charge is -2.33. The van der Waals surface area contributed by atoms with E-state index in [0.29, 0.717) is 36.7 Å². The molecule has 1 amide bonds. The average Bonchev–Trinajstić information content (AvgIpc) is 3.52. The topological polar surface area (TPSA) is 80.4 Å². The van der Waals surface area contributed by atoms with E-state index < -0.39 is 11.7 Å². The number of aromatic nitrogens is 2. The molecule has 1 unspecified atom stereocenters. The van der Waals surface area contributed by atoms with E-state index in [-0.39, 0.29) is 18.7 Å². The number of hydrogen-bond donors (Lipinski definition) is 0. The molecule has 224 valence electrons. The largest absolute Gasteiger partial charge is 0.359 e. The zero-order chi connectivity index (χ0) is 30.9. The van der Waals surface area contributed by atoms with Crippen LogP contribution in [0.1, 0.15) is 61.4 Å². The Kier molecular flexibility index (Phi) is 8.94. The van der Waals surface area contributed by atoms with Crippen LogP contribution in [-0.4, -0.2) is 45.3 Å². The lowest BCUT2D eigenvalue weighted by atomic mass is 9.90. The molecule has 3 heterocycles. The molecule has 2 aromatic heterocycles. The van der Waals surface area contributed by atoms with Gasteiger partial charge in [-0.15, -0.1) is 0 Å². The molecule has 1 saturated heterocycles. The summed E-state index contributed by atoms with van der Waals surface area (Å²) in [6, 6.07) is 20.0. The molecule has 1 fully saturated rings. The average molecular weight is 599 g/mol. The number of nitriles is 1. The number of aryl methyl sites for hydroxylation is 3. The van der Waals surface area contributed by atoms with Gasteiger partial charge in [0.15, 0.2) is 6.10 Å². The number of carbonyl (C=O) groups excluding carboxylic acids is 1. The van der Waals surface area contributed by atoms with Crippen LogP contribution in [0.5, 0.6) is 0 Å². The normalized spacial score (nSPS) is 16.0. The lowest BCUT2D eigenvalue weighted by molar-refractivity contribution is -0.156. The lowest BCUT2D eigenvalue weighted by Crippen LogP contribution is -2.43. The van der Waals surface area contributed by atoms with Crippen molar-refractivity contribution in [3.8, 4) is 17.2 Å². The van der Waals surface area contributed by atoms with E-state index in [9.17, 15) is 10.1 Å². The van der Waals surface area contributed by atoms with Crippen molar-refractivity contribution in [2.75, 3.05) is 13.3 Å². The molecule has 2 atom stereocenters. The molecule has 0 saturated carbocycles. The minimum absolute atomic E-state index is 0.118. The van der Waals surface area contributed by atoms with Gasteiger partial charge < -0.3 is 18.9 Å². The highest BCUT2D eigenvalue weighted by molar-refractivity contribution is 6.30. The SMILES string of the molecule is Cc1nc2c(c(C)c(C)n2CCC#N)c(-c2ccc(Cl)cc2)c1[C@H](OC(C)(C)C)C(=O)N1COCC1Cc1ccccc1. The Hall–Kier alpha value is -3.70. The number of ether oxygens (including phenoxy) is 2. The van der Waals surface area contributed by atoms with Crippen molar-refractivity contribution in [2.45, 2.75) is 78.7 Å². The smallest absolute Gasteiger partial charge is 0.258 e. The molecule has 0 radical (unpaired) electrons. The third-order valence-corrected chi connectivity index (χ3v) is 8.35. The van der Waals surface area contributed by atoms with Crippen LogP contribution in [0.3, 0.4) is 0 Å². The summed E-state index contributed by atoms with van der Waals surface area (Å²) in [4.78, 5) is 21.6. The van der Waals surface area contributed by atoms with E-state index in [0.717, 1.165) is 44.5 Å². The fourth-order valence-electron chi connectivity index (χ4n) is 5.99. The molecule has 8 heteroatoms. The zero-order valence-corrected chi connectivity index (χ0v) is 26.5. The van der Waals surface area contributed by atoms with Gasteiger partial charge in [0, 0.05) is 39.5 Å². The van der Waals surface area contributed by atoms with Gasteiger partial charge in [-0.25, -0.2) is 4.98 Å². The fourth-order valence-corrected chi connectivity index (χ4v) is 6.11. The van der Waals surface area contributed by atoms with Gasteiger partial charge in [0.25, 0.3) is 5.91 Å². The van der Waals surface area contributed by atoms with Gasteiger partial charge in [-0.1, -0.05) is 54.1 Å². The summed E-state index contributed by atoms with van der Waals surface area (Å²) in [6.07, 6.45) is 0.133. The highest BCUT2D eigenvalue weighted by atomic mass is 35.5. The summed E-state index contributed by atoms with van der Waals surface area (Å²) in [6.45, 7) is 13.2. The molecule has 0 spiro atoms. The molecular formula is C35H39ClN4O3. The van der Waals surface area contributed by atoms with Gasteiger partial charge in [0.1, 0.15) is 12.4 Å². The summed E-state index contributed by atoms with van der Waals surface area (Å²) in [5.74, 6) is -0.147. The van der Waals surface area contributed by atoms with E-state index in [1.165, 1.54) is 0 Å². The highest BCUT2D eigenvalue weighted by Crippen LogP contribution is 2.43. The van der Waals surface area contributed by atoms with E-state index in [4.69, 9.17) is 26.1 Å². The number of fused-ring (bicyclic) bond motifs is 1. The molecule has 7 nitrogen and oxygen atoms in total. The number of nitrogens with zero attached hydrogens (tertiary/aromatic N) is 4. The Morgan fingerprint density at radius 2 is 1.84 bits per heavy atom. The number of amides is 1. The van der Waals surface area contributed by atoms with Crippen LogP contribution in [-0.2, 0) is 27.2 Å². The number of rotatable bonds is 8. The van der Waals surface area contributed by atoms with Gasteiger partial charge in [-0.3, -0.25) is 4.79 Å². The first-order valence-corrected chi connectivity index (χ1v) is 15.1. The standard InChI is InChI=1S/C35H39ClN4O3/c1-22-24(3)39(18-10-17-37)33-29(22)31(26-13-15-27(36)16-14-26)30(23(2)38-33)32(43-35(4,5)6)34(41)40-21-42-20-28(40)19-25-11-8-7-9-12-25/h7-9,11-16,28,32H,10,18-21H2,1-6H3/t28?,32-/m0/s1. The van der Waals surface area contributed by atoms with Crippen molar-refractivity contribution in [2.24, 2.45) is 0 Å². The first-order valence-electron chi connectivity index (χ1n) is 14.7. The maximum absolute atomic E-state index is 14.7. The summed E-state index contributed by atoms with van der Waals surface area (Å²) >= 11 is 6.33. The van der Waals surface area contributed by atoms with Crippen LogP contribution in [0.15, 0.2) is 54.6 Å². The molecule has 1 aliphatic rings. The van der Waals surface area contributed by atoms with E-state index in [2.05, 4.69) is 36.6 Å². The maximum Gasteiger partial charge on any atom is 0.258 e. The third kappa shape index (κ3) is 6.33. The van der Waals surface area contributed by atoms with Gasteiger partial charge in [0.05, 0.1) is 30.7 Å². The van der Waals surface area contributed by atoms with Crippen LogP contribution in [0.4, 0.5) is 0 Å². The van der Waals surface area contributed by atoms with Gasteiger partial charge in [-0.05, 0) is 76.8 Å². The van der Waals surface area contributed by atoms with Crippen LogP contribution in [0.2, 0.25) is 5.02 Å². The van der Waals surface area contributed by atoms with Crippen molar-refractivity contribution in [3.63, 3.8) is 0 Å². The quantitative estimate of drug-likeness (QED) is 0.210. The second kappa shape index (κ2) is 12.5. The Morgan fingerprint density at radius 3 is 2.49 bits per heavy atom. The van der Waals surface area contributed by atoms with Crippen molar-refractivity contribution < 1.29 is 14.3 Å². The molecule has 5 rings (SSSR count). The predicted molar refractivity (Wildman–Crippen MR) is 170 cm³/mol. The monoisotopic (exact) mass is 598 g/mol. The number of carbonyl (C=O) groups is 1. The number of pyridine rings is 1. The van der Waals surface area contributed by atoms with E-state index in [1.54, 1.807) is 0 Å². The van der Waals surface area contributed by atoms with Gasteiger partial charge >= 0.3 is 0 Å². The van der Waals surface area contributed by atoms with Crippen LogP contribution < -0.4 is 0 Å². The predicted octanol–water partition coefficient (Wildman–Crippen LogP) is 7.48. The van der Waals surface area contributed by atoms with E-state index >= 15 is 0 Å². The Morgan fingerprint density at radius 1 is 1.14 bits per heavy atom. The third-order valence-electron chi connectivity index (χ3n) is 8.10. The number of benzene rings is 2. The second-order valence-corrected chi connectivity index (χ2v) is 12.7. The number of hydrogen-bond acceptors (Lipinski definition) is 5. The van der Waals surface area contributed by atoms with Gasteiger partial charge in [-0.2, -0.15) is 5.26 Å². The summed E-state index contributed by atoms with van der Waals surface area (Å²) in [7, 11) is 0. The second-order valence-electron chi connectivity index (χ2n) is 12.2. The minimum Gasteiger partial charge on any atom is -0.359 e. The van der Waals surface area contributed by atoms with Crippen molar-refractivity contribution in [1.29, 1.82) is 5.26 Å².